The summed E-state index contributed by atoms with van der Waals surface area (Å²) in [5, 5.41) is 16.2. The van der Waals surface area contributed by atoms with Crippen LogP contribution >= 0.6 is 0 Å². The Morgan fingerprint density at radius 2 is 1.13 bits per heavy atom. The van der Waals surface area contributed by atoms with Crippen LogP contribution in [0.5, 0.6) is 0 Å². The second-order valence-corrected chi connectivity index (χ2v) is 22.1. The fraction of sp³-hybridized carbons (Fsp3) is 0.822. The maximum absolute atomic E-state index is 12.9. The van der Waals surface area contributed by atoms with Crippen molar-refractivity contribution in [2.45, 2.75) is 136 Å². The van der Waals surface area contributed by atoms with Crippen LogP contribution in [-0.2, 0) is 52.3 Å². The molecule has 5 heterocycles. The Kier molecular flexibility index (Phi) is 19.9. The van der Waals surface area contributed by atoms with Crippen molar-refractivity contribution in [2.24, 2.45) is 28.7 Å². The third-order valence-electron chi connectivity index (χ3n) is 12.6. The second-order valence-electron chi connectivity index (χ2n) is 20.5. The van der Waals surface area contributed by atoms with E-state index in [1.54, 1.807) is 44.4 Å². The predicted octanol–water partition coefficient (Wildman–Crippen LogP) is 3.09. The number of esters is 2. The van der Waals surface area contributed by atoms with E-state index in [1.807, 2.05) is 20.8 Å². The third-order valence-corrected chi connectivity index (χ3v) is 13.2. The van der Waals surface area contributed by atoms with Gasteiger partial charge >= 0.3 is 36.3 Å². The maximum atomic E-state index is 12.9. The Hall–Kier alpha value is -5.17. The lowest BCUT2D eigenvalue weighted by atomic mass is 9.75. The Morgan fingerprint density at radius 1 is 0.714 bits per heavy atom. The van der Waals surface area contributed by atoms with Gasteiger partial charge in [-0.2, -0.15) is 8.42 Å². The van der Waals surface area contributed by atoms with Gasteiger partial charge in [0.25, 0.3) is 10.1 Å². The summed E-state index contributed by atoms with van der Waals surface area (Å²) in [4.78, 5) is 83.2. The van der Waals surface area contributed by atoms with Gasteiger partial charge in [-0.25, -0.2) is 19.2 Å². The molecule has 6 N–H and O–H groups in total. The van der Waals surface area contributed by atoms with Crippen LogP contribution in [0.2, 0.25) is 0 Å². The summed E-state index contributed by atoms with van der Waals surface area (Å²) >= 11 is 0. The Balaban J connectivity index is 0.000000323. The number of ether oxygens (including phenoxy) is 6. The van der Waals surface area contributed by atoms with Crippen LogP contribution in [0.25, 0.3) is 0 Å². The van der Waals surface area contributed by atoms with Gasteiger partial charge in [-0.1, -0.05) is 0 Å². The number of carbonyl (C=O) groups excluding carboxylic acids is 6. The summed E-state index contributed by atoms with van der Waals surface area (Å²) in [6, 6.07) is -1.30. The normalized spacial score (nSPS) is 22.5. The maximum Gasteiger partial charge on any atom is 0.410 e. The molecular weight excluding hydrogens is 939 g/mol. The lowest BCUT2D eigenvalue weighted by molar-refractivity contribution is -0.165. The van der Waals surface area contributed by atoms with Crippen molar-refractivity contribution in [2.75, 3.05) is 85.0 Å². The van der Waals surface area contributed by atoms with E-state index < -0.39 is 75.3 Å². The zero-order valence-electron chi connectivity index (χ0n) is 42.3. The highest BCUT2D eigenvalue weighted by atomic mass is 32.2. The van der Waals surface area contributed by atoms with E-state index in [2.05, 4.69) is 4.90 Å². The van der Waals surface area contributed by atoms with Crippen LogP contribution in [0.15, 0.2) is 0 Å². The Morgan fingerprint density at radius 3 is 1.51 bits per heavy atom. The van der Waals surface area contributed by atoms with Gasteiger partial charge in [0, 0.05) is 32.7 Å². The van der Waals surface area contributed by atoms with Crippen LogP contribution in [0.1, 0.15) is 100 Å². The molecule has 0 bridgehead atoms. The molecule has 0 spiro atoms. The highest BCUT2D eigenvalue weighted by Gasteiger charge is 2.48. The van der Waals surface area contributed by atoms with Gasteiger partial charge in [-0.15, -0.1) is 0 Å². The highest BCUT2D eigenvalue weighted by molar-refractivity contribution is 7.85. The van der Waals surface area contributed by atoms with Crippen molar-refractivity contribution >= 4 is 58.1 Å². The molecule has 5 aliphatic rings. The van der Waals surface area contributed by atoms with Gasteiger partial charge in [0.05, 0.1) is 56.5 Å². The van der Waals surface area contributed by atoms with Gasteiger partial charge in [0.1, 0.15) is 41.7 Å². The summed E-state index contributed by atoms with van der Waals surface area (Å²) in [7, 11) is -3.66. The standard InChI is InChI=1S/C28H47N5O8.C17H30N4O7S/c1-6-38-21(34)16-28(24(35)39-7-2)10-14-31(15-11-28)17-20-18-33(26(37)40-20)22(23(29)30)19-8-12-32(13-9-19)25(36)41-27(3,4)5;1-17(2,3)28-15(22)20-7-5-11(6-8-20)13(14(18)19)21-9-12(27-16(21)23)10-26-29(4,24)25/h19-20,22H,6-18H2,1-5H3,(H3,29,30);11-13H,5-10H2,1-4H3,(H3,18,19). The van der Waals surface area contributed by atoms with Gasteiger partial charge in [-0.3, -0.25) is 39.3 Å². The lowest BCUT2D eigenvalue weighted by Gasteiger charge is -2.40. The molecule has 0 saturated carbocycles. The van der Waals surface area contributed by atoms with Crippen LogP contribution in [0, 0.1) is 28.1 Å². The molecule has 5 aliphatic heterocycles. The number of nitrogens with one attached hydrogen (secondary N) is 2. The van der Waals surface area contributed by atoms with E-state index in [0.29, 0.717) is 84.3 Å². The number of nitrogens with two attached hydrogens (primary N) is 2. The van der Waals surface area contributed by atoms with Crippen LogP contribution in [-0.4, -0.2) is 201 Å². The van der Waals surface area contributed by atoms with Gasteiger partial charge in [0.2, 0.25) is 0 Å². The first-order valence-corrected chi connectivity index (χ1v) is 25.8. The molecule has 398 valence electrons. The molecule has 4 unspecified atom stereocenters. The first kappa shape index (κ1) is 57.4. The number of likely N-dealkylation sites (tertiary alicyclic amines) is 3. The zero-order chi connectivity index (χ0) is 52.4. The summed E-state index contributed by atoms with van der Waals surface area (Å²) < 4.78 is 59.1. The number of piperidine rings is 3. The zero-order valence-corrected chi connectivity index (χ0v) is 43.1. The smallest absolute Gasteiger partial charge is 0.410 e. The fourth-order valence-electron chi connectivity index (χ4n) is 9.40. The van der Waals surface area contributed by atoms with Crippen LogP contribution in [0.3, 0.4) is 0 Å². The molecule has 0 aromatic rings. The minimum absolute atomic E-state index is 0.0211. The molecular formula is C45H77N9O15S. The third kappa shape index (κ3) is 16.7. The molecule has 4 amide bonds. The number of carbonyl (C=O) groups is 6. The van der Waals surface area contributed by atoms with Crippen molar-refractivity contribution in [3.8, 4) is 0 Å². The number of nitrogens with zero attached hydrogens (tertiary/aromatic N) is 5. The van der Waals surface area contributed by atoms with E-state index in [4.69, 9.17) is 54.9 Å². The number of cyclic esters (lactones) is 2. The first-order chi connectivity index (χ1) is 32.5. The van der Waals surface area contributed by atoms with Crippen molar-refractivity contribution in [3.63, 3.8) is 0 Å². The number of amidine groups is 2. The average Bonchev–Trinajstić information content (AvgIpc) is 3.80. The molecule has 24 nitrogen and oxygen atoms in total. The van der Waals surface area contributed by atoms with Crippen molar-refractivity contribution in [1.29, 1.82) is 10.8 Å². The summed E-state index contributed by atoms with van der Waals surface area (Å²) in [6.45, 7) is 18.2. The second kappa shape index (κ2) is 24.3. The number of hydrogen-bond acceptors (Lipinski definition) is 18. The SMILES string of the molecule is CC(C)(C)OC(=O)N1CCC(C(C(=N)N)N2CC(COS(C)(=O)=O)OC2=O)CC1.CCOC(=O)CC1(C(=O)OCC)CCN(CC2CN(C(C(=N)N)C3CCN(C(=O)OC(C)(C)C)CC3)C(=O)O2)CC1. The predicted molar refractivity (Wildman–Crippen MR) is 253 cm³/mol. The fourth-order valence-corrected chi connectivity index (χ4v) is 9.80. The lowest BCUT2D eigenvalue weighted by Crippen LogP contribution is -2.53. The number of amides is 4. The van der Waals surface area contributed by atoms with Gasteiger partial charge in [-0.05, 0) is 119 Å². The van der Waals surface area contributed by atoms with Gasteiger partial charge in [0.15, 0.2) is 0 Å². The summed E-state index contributed by atoms with van der Waals surface area (Å²) in [6.07, 6.45) is 0.879. The Bertz CT molecular complexity index is 1990. The Labute approximate surface area is 411 Å². The van der Waals surface area contributed by atoms with E-state index in [0.717, 1.165) is 6.26 Å². The molecule has 0 aromatic heterocycles. The van der Waals surface area contributed by atoms with E-state index in [-0.39, 0.29) is 74.9 Å². The molecule has 0 aromatic carbocycles. The highest BCUT2D eigenvalue weighted by Crippen LogP contribution is 2.38. The van der Waals surface area contributed by atoms with Crippen molar-refractivity contribution < 1.29 is 69.8 Å². The largest absolute Gasteiger partial charge is 0.466 e. The van der Waals surface area contributed by atoms with E-state index in [1.165, 1.54) is 9.80 Å². The van der Waals surface area contributed by atoms with E-state index >= 15 is 0 Å². The van der Waals surface area contributed by atoms with Crippen LogP contribution < -0.4 is 11.5 Å². The van der Waals surface area contributed by atoms with Crippen molar-refractivity contribution in [3.05, 3.63) is 0 Å². The molecule has 4 atom stereocenters. The molecule has 70 heavy (non-hydrogen) atoms. The summed E-state index contributed by atoms with van der Waals surface area (Å²) in [5.41, 5.74) is 9.68. The minimum atomic E-state index is -3.66. The van der Waals surface area contributed by atoms with Gasteiger partial charge < -0.3 is 49.7 Å². The molecule has 5 fully saturated rings. The van der Waals surface area contributed by atoms with E-state index in [9.17, 15) is 37.2 Å². The molecule has 0 radical (unpaired) electrons. The number of rotatable bonds is 16. The van der Waals surface area contributed by atoms with Crippen molar-refractivity contribution in [1.82, 2.24) is 24.5 Å². The topological polar surface area (TPSA) is 317 Å². The molecule has 0 aliphatic carbocycles. The minimum Gasteiger partial charge on any atom is -0.466 e. The summed E-state index contributed by atoms with van der Waals surface area (Å²) in [5.74, 6) is -1.29. The first-order valence-electron chi connectivity index (χ1n) is 24.0. The monoisotopic (exact) mass is 1020 g/mol. The molecule has 5 saturated heterocycles. The average molecular weight is 1020 g/mol. The number of hydrogen-bond donors (Lipinski definition) is 4. The molecule has 25 heteroatoms. The van der Waals surface area contributed by atoms with Crippen LogP contribution in [0.4, 0.5) is 19.2 Å². The quantitative estimate of drug-likeness (QED) is 0.0567. The molecule has 5 rings (SSSR count).